The molecule has 2 aliphatic rings. The first-order chi connectivity index (χ1) is 10.3. The lowest BCUT2D eigenvalue weighted by Crippen LogP contribution is -2.50. The zero-order valence-corrected chi connectivity index (χ0v) is 14.0. The SMILES string of the molecule is Brc1ccc2cc(NC3CCC34CCCCC4)ccc2c1. The normalized spacial score (nSPS) is 24.0. The third-order valence-corrected chi connectivity index (χ3v) is 6.16. The maximum Gasteiger partial charge on any atom is 0.0348 e. The van der Waals surface area contributed by atoms with Gasteiger partial charge in [-0.05, 0) is 66.1 Å². The monoisotopic (exact) mass is 343 g/mol. The van der Waals surface area contributed by atoms with Crippen molar-refractivity contribution in [2.45, 2.75) is 51.0 Å². The second-order valence-electron chi connectivity index (χ2n) is 6.86. The molecule has 0 aliphatic heterocycles. The van der Waals surface area contributed by atoms with E-state index in [0.29, 0.717) is 11.5 Å². The Kier molecular flexibility index (Phi) is 3.45. The van der Waals surface area contributed by atoms with Gasteiger partial charge in [0, 0.05) is 16.2 Å². The molecular formula is C19H22BrN. The molecule has 0 bridgehead atoms. The van der Waals surface area contributed by atoms with E-state index in [1.165, 1.54) is 61.4 Å². The van der Waals surface area contributed by atoms with Gasteiger partial charge in [0.15, 0.2) is 0 Å². The first-order valence-electron chi connectivity index (χ1n) is 8.21. The minimum atomic E-state index is 0.618. The van der Waals surface area contributed by atoms with Crippen molar-refractivity contribution in [2.24, 2.45) is 5.41 Å². The van der Waals surface area contributed by atoms with Crippen LogP contribution < -0.4 is 5.32 Å². The molecule has 2 fully saturated rings. The molecule has 1 nitrogen and oxygen atoms in total. The third kappa shape index (κ3) is 2.48. The second kappa shape index (κ2) is 5.31. The van der Waals surface area contributed by atoms with Gasteiger partial charge in [-0.1, -0.05) is 47.3 Å². The van der Waals surface area contributed by atoms with Crippen LogP contribution >= 0.6 is 15.9 Å². The Morgan fingerprint density at radius 2 is 1.67 bits per heavy atom. The van der Waals surface area contributed by atoms with E-state index in [0.717, 1.165) is 4.47 Å². The van der Waals surface area contributed by atoms with Crippen molar-refractivity contribution < 1.29 is 0 Å². The van der Waals surface area contributed by atoms with E-state index in [1.807, 2.05) is 0 Å². The fourth-order valence-corrected chi connectivity index (χ4v) is 4.66. The fraction of sp³-hybridized carbons (Fsp3) is 0.474. The summed E-state index contributed by atoms with van der Waals surface area (Å²) in [5, 5.41) is 6.46. The van der Waals surface area contributed by atoms with Crippen LogP contribution in [0.25, 0.3) is 10.8 Å². The lowest BCUT2D eigenvalue weighted by atomic mass is 9.57. The number of fused-ring (bicyclic) bond motifs is 1. The molecule has 21 heavy (non-hydrogen) atoms. The minimum absolute atomic E-state index is 0.618. The molecule has 0 radical (unpaired) electrons. The van der Waals surface area contributed by atoms with Gasteiger partial charge in [-0.25, -0.2) is 0 Å². The highest BCUT2D eigenvalue weighted by Gasteiger charge is 2.46. The molecular weight excluding hydrogens is 322 g/mol. The van der Waals surface area contributed by atoms with Gasteiger partial charge in [0.05, 0.1) is 0 Å². The van der Waals surface area contributed by atoms with Crippen molar-refractivity contribution in [1.29, 1.82) is 0 Å². The molecule has 0 aromatic heterocycles. The van der Waals surface area contributed by atoms with Crippen LogP contribution in [0.5, 0.6) is 0 Å². The summed E-state index contributed by atoms with van der Waals surface area (Å²) >= 11 is 3.54. The van der Waals surface area contributed by atoms with Gasteiger partial charge in [0.2, 0.25) is 0 Å². The molecule has 1 unspecified atom stereocenters. The zero-order valence-electron chi connectivity index (χ0n) is 12.4. The fourth-order valence-electron chi connectivity index (χ4n) is 4.28. The summed E-state index contributed by atoms with van der Waals surface area (Å²) in [5.41, 5.74) is 1.91. The van der Waals surface area contributed by atoms with Crippen molar-refractivity contribution in [2.75, 3.05) is 5.32 Å². The molecule has 2 aromatic carbocycles. The van der Waals surface area contributed by atoms with Crippen molar-refractivity contribution in [3.63, 3.8) is 0 Å². The van der Waals surface area contributed by atoms with Crippen LogP contribution in [0.2, 0.25) is 0 Å². The van der Waals surface area contributed by atoms with Gasteiger partial charge in [0.25, 0.3) is 0 Å². The van der Waals surface area contributed by atoms with Gasteiger partial charge in [-0.15, -0.1) is 0 Å². The first-order valence-corrected chi connectivity index (χ1v) is 9.00. The van der Waals surface area contributed by atoms with Crippen molar-refractivity contribution >= 4 is 32.4 Å². The van der Waals surface area contributed by atoms with Gasteiger partial charge >= 0.3 is 0 Å². The number of hydrogen-bond acceptors (Lipinski definition) is 1. The Hall–Kier alpha value is -1.02. The Balaban J connectivity index is 1.55. The molecule has 1 spiro atoms. The molecule has 4 rings (SSSR count). The zero-order chi connectivity index (χ0) is 14.3. The maximum atomic E-state index is 3.83. The summed E-state index contributed by atoms with van der Waals surface area (Å²) in [5.74, 6) is 0. The molecule has 110 valence electrons. The number of benzene rings is 2. The van der Waals surface area contributed by atoms with E-state index in [4.69, 9.17) is 0 Å². The largest absolute Gasteiger partial charge is 0.382 e. The van der Waals surface area contributed by atoms with Gasteiger partial charge < -0.3 is 5.32 Å². The quantitative estimate of drug-likeness (QED) is 0.691. The maximum absolute atomic E-state index is 3.83. The minimum Gasteiger partial charge on any atom is -0.382 e. The lowest BCUT2D eigenvalue weighted by Gasteiger charge is -2.52. The molecule has 2 saturated carbocycles. The Morgan fingerprint density at radius 3 is 2.43 bits per heavy atom. The van der Waals surface area contributed by atoms with Crippen molar-refractivity contribution in [3.8, 4) is 0 Å². The average Bonchev–Trinajstić information content (AvgIpc) is 2.52. The first kappa shape index (κ1) is 13.6. The molecule has 1 atom stereocenters. The van der Waals surface area contributed by atoms with Gasteiger partial charge in [-0.3, -0.25) is 0 Å². The molecule has 2 aliphatic carbocycles. The van der Waals surface area contributed by atoms with Crippen LogP contribution in [-0.4, -0.2) is 6.04 Å². The summed E-state index contributed by atoms with van der Waals surface area (Å²) < 4.78 is 1.15. The van der Waals surface area contributed by atoms with E-state index in [-0.39, 0.29) is 0 Å². The standard InChI is InChI=1S/C19H22BrN/c20-16-6-4-15-13-17(7-5-14(15)12-16)21-18-8-11-19(18)9-2-1-3-10-19/h4-7,12-13,18,21H,1-3,8-11H2. The number of rotatable bonds is 2. The summed E-state index contributed by atoms with van der Waals surface area (Å²) in [6, 6.07) is 14.0. The Labute approximate surface area is 135 Å². The van der Waals surface area contributed by atoms with Gasteiger partial charge in [-0.2, -0.15) is 0 Å². The summed E-state index contributed by atoms with van der Waals surface area (Å²) in [7, 11) is 0. The van der Waals surface area contributed by atoms with Crippen LogP contribution in [0.1, 0.15) is 44.9 Å². The number of nitrogens with one attached hydrogen (secondary N) is 1. The predicted octanol–water partition coefficient (Wildman–Crippen LogP) is 6.13. The highest BCUT2D eigenvalue weighted by atomic mass is 79.9. The molecule has 0 saturated heterocycles. The summed E-state index contributed by atoms with van der Waals surface area (Å²) in [6.07, 6.45) is 9.97. The molecule has 2 heteroatoms. The third-order valence-electron chi connectivity index (χ3n) is 5.66. The van der Waals surface area contributed by atoms with Crippen LogP contribution in [0, 0.1) is 5.41 Å². The van der Waals surface area contributed by atoms with Crippen LogP contribution in [0.3, 0.4) is 0 Å². The molecule has 1 N–H and O–H groups in total. The number of anilines is 1. The highest BCUT2D eigenvalue weighted by molar-refractivity contribution is 9.10. The molecule has 0 heterocycles. The average molecular weight is 344 g/mol. The summed E-state index contributed by atoms with van der Waals surface area (Å²) in [6.45, 7) is 0. The topological polar surface area (TPSA) is 12.0 Å². The second-order valence-corrected chi connectivity index (χ2v) is 7.78. The van der Waals surface area contributed by atoms with Crippen molar-refractivity contribution in [3.05, 3.63) is 40.9 Å². The number of hydrogen-bond donors (Lipinski definition) is 1. The van der Waals surface area contributed by atoms with E-state index >= 15 is 0 Å². The van der Waals surface area contributed by atoms with E-state index < -0.39 is 0 Å². The molecule has 2 aromatic rings. The van der Waals surface area contributed by atoms with E-state index in [2.05, 4.69) is 57.6 Å². The number of halogens is 1. The van der Waals surface area contributed by atoms with Crippen LogP contribution in [-0.2, 0) is 0 Å². The summed E-state index contributed by atoms with van der Waals surface area (Å²) in [4.78, 5) is 0. The van der Waals surface area contributed by atoms with Crippen LogP contribution in [0.15, 0.2) is 40.9 Å². The lowest BCUT2D eigenvalue weighted by molar-refractivity contribution is 0.0571. The highest BCUT2D eigenvalue weighted by Crippen LogP contribution is 2.52. The van der Waals surface area contributed by atoms with E-state index in [9.17, 15) is 0 Å². The smallest absolute Gasteiger partial charge is 0.0348 e. The predicted molar refractivity (Wildman–Crippen MR) is 93.8 cm³/mol. The Morgan fingerprint density at radius 1 is 0.905 bits per heavy atom. The Bertz CT molecular complexity index is 658. The molecule has 0 amide bonds. The van der Waals surface area contributed by atoms with E-state index in [1.54, 1.807) is 0 Å². The van der Waals surface area contributed by atoms with Gasteiger partial charge in [0.1, 0.15) is 0 Å². The van der Waals surface area contributed by atoms with Crippen molar-refractivity contribution in [1.82, 2.24) is 0 Å². The van der Waals surface area contributed by atoms with Crippen LogP contribution in [0.4, 0.5) is 5.69 Å².